The third kappa shape index (κ3) is 4.39. The maximum absolute atomic E-state index is 2.72. The molecule has 0 N–H and O–H groups in total. The summed E-state index contributed by atoms with van der Waals surface area (Å²) in [5.41, 5.74) is 12.5. The van der Waals surface area contributed by atoms with Crippen LogP contribution in [0.15, 0.2) is 137 Å². The van der Waals surface area contributed by atoms with Crippen molar-refractivity contribution in [3.63, 3.8) is 0 Å². The molecule has 3 aliphatic heterocycles. The molecular weight excluding hydrogens is 625 g/mol. The Morgan fingerprint density at radius 3 is 1.69 bits per heavy atom. The second-order valence-corrected chi connectivity index (χ2v) is 21.1. The Morgan fingerprint density at radius 1 is 0.531 bits per heavy atom. The Balaban J connectivity index is 1.45. The van der Waals surface area contributed by atoms with E-state index < -0.39 is 8.07 Å². The fraction of sp³-hybridized carbons (Fsp3) is 0.200. The lowest BCUT2D eigenvalue weighted by atomic mass is 9.34. The van der Waals surface area contributed by atoms with Crippen LogP contribution >= 0.6 is 11.8 Å². The van der Waals surface area contributed by atoms with Crippen LogP contribution in [0.2, 0.25) is 0 Å². The minimum Gasteiger partial charge on any atom is -0.311 e. The van der Waals surface area contributed by atoms with Gasteiger partial charge in [-0.1, -0.05) is 150 Å². The smallest absolute Gasteiger partial charge is 0.249 e. The molecule has 4 heteroatoms. The maximum Gasteiger partial charge on any atom is 0.249 e. The van der Waals surface area contributed by atoms with E-state index in [1.165, 1.54) is 75.5 Å². The van der Waals surface area contributed by atoms with Gasteiger partial charge in [-0.3, -0.25) is 0 Å². The first-order valence-corrected chi connectivity index (χ1v) is 20.5. The standard InChI is InChI=1S/C45H42BNSSi/c1-29-24-36-41-38(25-29)48-37-21-15-23-40-43(37)46(41)42-35(47(36)32-27-30(44(2,3)4)26-31(28-32)45(5,6)7)20-14-22-39(42)49(40,33-16-10-8-11-17-33)34-18-12-9-13-19-34/h8-28H,1-7H3. The van der Waals surface area contributed by atoms with Gasteiger partial charge in [-0.25, -0.2) is 0 Å². The fourth-order valence-electron chi connectivity index (χ4n) is 8.82. The Hall–Kier alpha value is -4.25. The third-order valence-electron chi connectivity index (χ3n) is 11.1. The van der Waals surface area contributed by atoms with Crippen molar-refractivity contribution >= 4 is 80.7 Å². The lowest BCUT2D eigenvalue weighted by Crippen LogP contribution is -2.88. The molecule has 0 amide bonds. The average Bonchev–Trinajstić information content (AvgIpc) is 3.08. The molecule has 0 unspecified atom stereocenters. The van der Waals surface area contributed by atoms with E-state index in [-0.39, 0.29) is 17.5 Å². The highest BCUT2D eigenvalue weighted by Crippen LogP contribution is 2.44. The van der Waals surface area contributed by atoms with Gasteiger partial charge in [0.2, 0.25) is 6.71 Å². The van der Waals surface area contributed by atoms with Crippen LogP contribution in [0.1, 0.15) is 58.2 Å². The van der Waals surface area contributed by atoms with E-state index in [1.807, 2.05) is 11.8 Å². The molecule has 0 radical (unpaired) electrons. The van der Waals surface area contributed by atoms with E-state index in [2.05, 4.69) is 181 Å². The molecule has 0 saturated heterocycles. The van der Waals surface area contributed by atoms with Crippen LogP contribution in [0.3, 0.4) is 0 Å². The summed E-state index contributed by atoms with van der Waals surface area (Å²) >= 11 is 1.98. The number of hydrogen-bond acceptors (Lipinski definition) is 2. The SMILES string of the molecule is Cc1cc2c3c(c1)N(c1cc(C(C)(C)C)cc(C(C)(C)C)c1)c1cccc4c1B3c1c(cccc1[Si]4(c1ccccc1)c1ccccc1)S2. The first-order valence-electron chi connectivity index (χ1n) is 17.6. The Kier molecular flexibility index (Phi) is 6.68. The number of benzene rings is 6. The molecule has 0 spiro atoms. The summed E-state index contributed by atoms with van der Waals surface area (Å²) < 4.78 is 0. The zero-order chi connectivity index (χ0) is 33.9. The highest BCUT2D eigenvalue weighted by Gasteiger charge is 2.55. The van der Waals surface area contributed by atoms with Gasteiger partial charge in [-0.15, -0.1) is 0 Å². The van der Waals surface area contributed by atoms with Crippen LogP contribution in [-0.4, -0.2) is 14.8 Å². The molecule has 1 nitrogen and oxygen atoms in total. The molecule has 3 aliphatic rings. The van der Waals surface area contributed by atoms with E-state index in [4.69, 9.17) is 0 Å². The first-order chi connectivity index (χ1) is 23.5. The van der Waals surface area contributed by atoms with Gasteiger partial charge >= 0.3 is 0 Å². The van der Waals surface area contributed by atoms with Crippen LogP contribution in [0.4, 0.5) is 17.1 Å². The normalized spacial score (nSPS) is 15.2. The summed E-state index contributed by atoms with van der Waals surface area (Å²) in [6.07, 6.45) is 0. The van der Waals surface area contributed by atoms with Gasteiger partial charge < -0.3 is 4.90 Å². The lowest BCUT2D eigenvalue weighted by molar-refractivity contribution is 0.569. The molecule has 6 aromatic rings. The van der Waals surface area contributed by atoms with Gasteiger partial charge in [-0.05, 0) is 103 Å². The van der Waals surface area contributed by atoms with Crippen molar-refractivity contribution in [3.05, 3.63) is 144 Å². The first kappa shape index (κ1) is 30.8. The predicted molar refractivity (Wildman–Crippen MR) is 216 cm³/mol. The van der Waals surface area contributed by atoms with Crippen molar-refractivity contribution in [1.29, 1.82) is 0 Å². The van der Waals surface area contributed by atoms with Crippen LogP contribution in [0.5, 0.6) is 0 Å². The molecule has 9 rings (SSSR count). The molecule has 0 atom stereocenters. The van der Waals surface area contributed by atoms with E-state index >= 15 is 0 Å². The molecule has 0 fully saturated rings. The molecular formula is C45H42BNSSi. The van der Waals surface area contributed by atoms with Gasteiger partial charge in [-0.2, -0.15) is 0 Å². The van der Waals surface area contributed by atoms with Crippen molar-refractivity contribution in [3.8, 4) is 0 Å². The summed E-state index contributed by atoms with van der Waals surface area (Å²) in [5, 5.41) is 5.96. The number of anilines is 3. The molecule has 49 heavy (non-hydrogen) atoms. The van der Waals surface area contributed by atoms with Crippen LogP contribution < -0.4 is 42.0 Å². The fourth-order valence-corrected chi connectivity index (χ4v) is 15.5. The van der Waals surface area contributed by atoms with E-state index in [0.717, 1.165) is 0 Å². The molecule has 6 aromatic carbocycles. The quantitative estimate of drug-likeness (QED) is 0.186. The molecule has 240 valence electrons. The predicted octanol–water partition coefficient (Wildman–Crippen LogP) is 7.04. The highest BCUT2D eigenvalue weighted by molar-refractivity contribution is 8.00. The summed E-state index contributed by atoms with van der Waals surface area (Å²) in [4.78, 5) is 5.45. The third-order valence-corrected chi connectivity index (χ3v) is 17.1. The minimum atomic E-state index is -2.72. The molecule has 0 bridgehead atoms. The largest absolute Gasteiger partial charge is 0.311 e. The van der Waals surface area contributed by atoms with Gasteiger partial charge in [0, 0.05) is 26.9 Å². The van der Waals surface area contributed by atoms with Crippen LogP contribution in [-0.2, 0) is 10.8 Å². The van der Waals surface area contributed by atoms with Gasteiger partial charge in [0.1, 0.15) is 0 Å². The zero-order valence-electron chi connectivity index (χ0n) is 29.6. The summed E-state index contributed by atoms with van der Waals surface area (Å²) in [7, 11) is -2.72. The molecule has 0 saturated carbocycles. The lowest BCUT2D eigenvalue weighted by Gasteiger charge is -2.49. The van der Waals surface area contributed by atoms with Crippen molar-refractivity contribution in [2.75, 3.05) is 4.90 Å². The molecule has 0 aromatic heterocycles. The van der Waals surface area contributed by atoms with Crippen LogP contribution in [0.25, 0.3) is 0 Å². The summed E-state index contributed by atoms with van der Waals surface area (Å²) in [6.45, 7) is 16.5. The second-order valence-electron chi connectivity index (χ2n) is 16.3. The van der Waals surface area contributed by atoms with Gasteiger partial charge in [0.15, 0.2) is 8.07 Å². The monoisotopic (exact) mass is 667 g/mol. The van der Waals surface area contributed by atoms with Crippen molar-refractivity contribution in [2.45, 2.75) is 69.1 Å². The number of nitrogens with zero attached hydrogens (tertiary/aromatic N) is 1. The van der Waals surface area contributed by atoms with Gasteiger partial charge in [0.05, 0.1) is 0 Å². The van der Waals surface area contributed by atoms with Crippen LogP contribution in [0, 0.1) is 6.92 Å². The summed E-state index contributed by atoms with van der Waals surface area (Å²) in [5.74, 6) is 0. The Labute approximate surface area is 297 Å². The topological polar surface area (TPSA) is 3.24 Å². The maximum atomic E-state index is 2.64. The Bertz CT molecular complexity index is 2230. The zero-order valence-corrected chi connectivity index (χ0v) is 31.4. The molecule has 3 heterocycles. The van der Waals surface area contributed by atoms with Crippen molar-refractivity contribution in [2.24, 2.45) is 0 Å². The Morgan fingerprint density at radius 2 is 1.10 bits per heavy atom. The number of hydrogen-bond donors (Lipinski definition) is 0. The van der Waals surface area contributed by atoms with E-state index in [9.17, 15) is 0 Å². The van der Waals surface area contributed by atoms with E-state index in [1.54, 1.807) is 5.19 Å². The highest BCUT2D eigenvalue weighted by atomic mass is 32.2. The second kappa shape index (κ2) is 10.6. The summed E-state index contributed by atoms with van der Waals surface area (Å²) in [6, 6.07) is 49.6. The van der Waals surface area contributed by atoms with Crippen molar-refractivity contribution < 1.29 is 0 Å². The number of aryl methyl sites for hydroxylation is 1. The number of rotatable bonds is 3. The van der Waals surface area contributed by atoms with Gasteiger partial charge in [0.25, 0.3) is 0 Å². The minimum absolute atomic E-state index is 0.0167. The van der Waals surface area contributed by atoms with E-state index in [0.29, 0.717) is 0 Å². The average molecular weight is 668 g/mol. The van der Waals surface area contributed by atoms with Crippen molar-refractivity contribution in [1.82, 2.24) is 0 Å². The molecule has 0 aliphatic carbocycles.